The topological polar surface area (TPSA) is 107 Å². The first-order valence-corrected chi connectivity index (χ1v) is 8.07. The summed E-state index contributed by atoms with van der Waals surface area (Å²) < 4.78 is 15.4. The largest absolute Gasteiger partial charge is 0.366 e. The average molecular weight is 355 g/mol. The van der Waals surface area contributed by atoms with E-state index < -0.39 is 17.3 Å². The highest BCUT2D eigenvalue weighted by Gasteiger charge is 2.12. The molecule has 0 aliphatic rings. The van der Waals surface area contributed by atoms with Crippen LogP contribution in [0.3, 0.4) is 0 Å². The minimum Gasteiger partial charge on any atom is -0.366 e. The number of rotatable bonds is 5. The molecule has 1 amide bonds. The van der Waals surface area contributed by atoms with Gasteiger partial charge in [0.05, 0.1) is 11.9 Å². The molecule has 0 aliphatic carbocycles. The Kier molecular flexibility index (Phi) is 4.66. The van der Waals surface area contributed by atoms with Crippen molar-refractivity contribution in [3.8, 4) is 11.3 Å². The maximum absolute atomic E-state index is 14.1. The van der Waals surface area contributed by atoms with Gasteiger partial charge in [0.1, 0.15) is 5.52 Å². The SMILES string of the molecule is CC(C)Cn1cc(-c2cnc3[nH]cc(/C=C/C(N)=O)c3n2)cc(F)c1=O. The quantitative estimate of drug-likeness (QED) is 0.683. The predicted octanol–water partition coefficient (Wildman–Crippen LogP) is 2.08. The number of primary amides is 1. The lowest BCUT2D eigenvalue weighted by Gasteiger charge is -2.11. The van der Waals surface area contributed by atoms with Gasteiger partial charge in [-0.1, -0.05) is 13.8 Å². The highest BCUT2D eigenvalue weighted by atomic mass is 19.1. The Bertz CT molecular complexity index is 1070. The third-order valence-corrected chi connectivity index (χ3v) is 3.74. The first-order chi connectivity index (χ1) is 12.3. The van der Waals surface area contributed by atoms with Crippen LogP contribution in [0.15, 0.2) is 35.5 Å². The number of nitrogens with two attached hydrogens (primary N) is 1. The number of carbonyl (C=O) groups is 1. The summed E-state index contributed by atoms with van der Waals surface area (Å²) in [4.78, 5) is 34.6. The van der Waals surface area contributed by atoms with Crippen molar-refractivity contribution in [2.24, 2.45) is 11.7 Å². The number of nitrogens with one attached hydrogen (secondary N) is 1. The average Bonchev–Trinajstić information content (AvgIpc) is 2.98. The molecule has 134 valence electrons. The molecular weight excluding hydrogens is 337 g/mol. The molecule has 0 unspecified atom stereocenters. The molecule has 26 heavy (non-hydrogen) atoms. The van der Waals surface area contributed by atoms with E-state index in [4.69, 9.17) is 5.73 Å². The molecule has 0 fully saturated rings. The van der Waals surface area contributed by atoms with Gasteiger partial charge in [0.25, 0.3) is 5.56 Å². The first-order valence-electron chi connectivity index (χ1n) is 8.07. The van der Waals surface area contributed by atoms with E-state index in [1.807, 2.05) is 13.8 Å². The minimum atomic E-state index is -0.840. The fourth-order valence-corrected chi connectivity index (χ4v) is 2.62. The van der Waals surface area contributed by atoms with Crippen molar-refractivity contribution >= 4 is 23.1 Å². The van der Waals surface area contributed by atoms with Crippen LogP contribution in [-0.4, -0.2) is 25.4 Å². The van der Waals surface area contributed by atoms with E-state index in [0.717, 1.165) is 6.07 Å². The summed E-state index contributed by atoms with van der Waals surface area (Å²) in [5.41, 5.74) is 6.98. The number of H-pyrrole nitrogens is 1. The number of nitrogens with zero attached hydrogens (tertiary/aromatic N) is 3. The summed E-state index contributed by atoms with van der Waals surface area (Å²) in [7, 11) is 0. The molecule has 3 N–H and O–H groups in total. The van der Waals surface area contributed by atoms with Gasteiger partial charge < -0.3 is 15.3 Å². The number of hydrogen-bond donors (Lipinski definition) is 2. The van der Waals surface area contributed by atoms with E-state index in [9.17, 15) is 14.0 Å². The highest BCUT2D eigenvalue weighted by Crippen LogP contribution is 2.22. The van der Waals surface area contributed by atoms with Crippen molar-refractivity contribution in [2.45, 2.75) is 20.4 Å². The lowest BCUT2D eigenvalue weighted by atomic mass is 10.1. The molecule has 0 spiro atoms. The lowest BCUT2D eigenvalue weighted by molar-refractivity contribution is -0.113. The van der Waals surface area contributed by atoms with Crippen LogP contribution in [0.1, 0.15) is 19.4 Å². The molecular formula is C18H18FN5O2. The second-order valence-electron chi connectivity index (χ2n) is 6.36. The third-order valence-electron chi connectivity index (χ3n) is 3.74. The number of aromatic amines is 1. The van der Waals surface area contributed by atoms with Gasteiger partial charge in [0, 0.05) is 36.1 Å². The molecule has 0 saturated carbocycles. The summed E-state index contributed by atoms with van der Waals surface area (Å²) in [5, 5.41) is 0. The Morgan fingerprint density at radius 3 is 2.92 bits per heavy atom. The molecule has 3 rings (SSSR count). The maximum Gasteiger partial charge on any atom is 0.286 e. The normalized spacial score (nSPS) is 11.7. The van der Waals surface area contributed by atoms with Crippen molar-refractivity contribution in [3.63, 3.8) is 0 Å². The molecule has 7 nitrogen and oxygen atoms in total. The summed E-state index contributed by atoms with van der Waals surface area (Å²) >= 11 is 0. The molecule has 0 aromatic carbocycles. The number of aromatic nitrogens is 4. The van der Waals surface area contributed by atoms with Crippen molar-refractivity contribution in [3.05, 3.63) is 52.5 Å². The molecule has 3 heterocycles. The number of halogens is 1. The zero-order valence-corrected chi connectivity index (χ0v) is 14.4. The Balaban J connectivity index is 2.10. The standard InChI is InChI=1S/C18H18FN5O2/c1-10(2)8-24-9-12(5-13(19)18(24)26)14-7-22-17-16(23-14)11(6-21-17)3-4-15(20)25/h3-7,9-10H,8H2,1-2H3,(H2,20,25)(H,21,22)/b4-3+. The molecule has 0 bridgehead atoms. The maximum atomic E-state index is 14.1. The fraction of sp³-hybridized carbons (Fsp3) is 0.222. The zero-order valence-electron chi connectivity index (χ0n) is 14.4. The van der Waals surface area contributed by atoms with Crippen LogP contribution in [0.5, 0.6) is 0 Å². The van der Waals surface area contributed by atoms with Crippen LogP contribution in [0.2, 0.25) is 0 Å². The molecule has 8 heteroatoms. The van der Waals surface area contributed by atoms with Crippen LogP contribution in [0.25, 0.3) is 28.5 Å². The smallest absolute Gasteiger partial charge is 0.286 e. The van der Waals surface area contributed by atoms with Gasteiger partial charge in [-0.25, -0.2) is 14.4 Å². The van der Waals surface area contributed by atoms with Gasteiger partial charge in [-0.05, 0) is 18.1 Å². The summed E-state index contributed by atoms with van der Waals surface area (Å²) in [6.45, 7) is 4.29. The summed E-state index contributed by atoms with van der Waals surface area (Å²) in [6.07, 6.45) is 7.47. The lowest BCUT2D eigenvalue weighted by Crippen LogP contribution is -2.24. The van der Waals surface area contributed by atoms with Gasteiger partial charge in [-0.3, -0.25) is 9.59 Å². The van der Waals surface area contributed by atoms with E-state index >= 15 is 0 Å². The molecule has 0 saturated heterocycles. The van der Waals surface area contributed by atoms with Crippen molar-refractivity contribution in [1.29, 1.82) is 0 Å². The highest BCUT2D eigenvalue weighted by molar-refractivity contribution is 5.93. The number of amides is 1. The van der Waals surface area contributed by atoms with Gasteiger partial charge >= 0.3 is 0 Å². The van der Waals surface area contributed by atoms with Crippen LogP contribution in [0, 0.1) is 11.7 Å². The number of carbonyl (C=O) groups excluding carboxylic acids is 1. The van der Waals surface area contributed by atoms with Crippen molar-refractivity contribution in [2.75, 3.05) is 0 Å². The molecule has 0 atom stereocenters. The number of fused-ring (bicyclic) bond motifs is 1. The number of pyridine rings is 1. The van der Waals surface area contributed by atoms with Crippen molar-refractivity contribution in [1.82, 2.24) is 19.5 Å². The molecule has 0 aliphatic heterocycles. The second-order valence-corrected chi connectivity index (χ2v) is 6.36. The van der Waals surface area contributed by atoms with E-state index in [1.54, 1.807) is 12.4 Å². The molecule has 3 aromatic rings. The molecule has 0 radical (unpaired) electrons. The van der Waals surface area contributed by atoms with E-state index in [-0.39, 0.29) is 5.92 Å². The van der Waals surface area contributed by atoms with E-state index in [0.29, 0.717) is 34.5 Å². The van der Waals surface area contributed by atoms with Gasteiger partial charge in [-0.15, -0.1) is 0 Å². The Hall–Kier alpha value is -3.29. The van der Waals surface area contributed by atoms with Crippen LogP contribution < -0.4 is 11.3 Å². The minimum absolute atomic E-state index is 0.186. The fourth-order valence-electron chi connectivity index (χ4n) is 2.62. The Labute approximate surface area is 148 Å². The van der Waals surface area contributed by atoms with Gasteiger partial charge in [0.2, 0.25) is 5.91 Å². The Morgan fingerprint density at radius 2 is 2.23 bits per heavy atom. The van der Waals surface area contributed by atoms with Crippen LogP contribution in [-0.2, 0) is 11.3 Å². The summed E-state index contributed by atoms with van der Waals surface area (Å²) in [6, 6.07) is 1.15. The third kappa shape index (κ3) is 3.53. The van der Waals surface area contributed by atoms with Gasteiger partial charge in [0.15, 0.2) is 11.5 Å². The van der Waals surface area contributed by atoms with E-state index in [2.05, 4.69) is 15.0 Å². The predicted molar refractivity (Wildman–Crippen MR) is 96.6 cm³/mol. The monoisotopic (exact) mass is 355 g/mol. The van der Waals surface area contributed by atoms with Gasteiger partial charge in [-0.2, -0.15) is 0 Å². The summed E-state index contributed by atoms with van der Waals surface area (Å²) in [5.74, 6) is -1.23. The molecule has 3 aromatic heterocycles. The Morgan fingerprint density at radius 1 is 1.46 bits per heavy atom. The second kappa shape index (κ2) is 6.91. The first kappa shape index (κ1) is 17.5. The van der Waals surface area contributed by atoms with E-state index in [1.165, 1.54) is 22.9 Å². The van der Waals surface area contributed by atoms with Crippen LogP contribution in [0.4, 0.5) is 4.39 Å². The van der Waals surface area contributed by atoms with Crippen molar-refractivity contribution < 1.29 is 9.18 Å². The number of hydrogen-bond acceptors (Lipinski definition) is 4. The van der Waals surface area contributed by atoms with Crippen LogP contribution >= 0.6 is 0 Å². The zero-order chi connectivity index (χ0) is 18.8.